The van der Waals surface area contributed by atoms with E-state index in [1.165, 1.54) is 35.1 Å². The fourth-order valence-corrected chi connectivity index (χ4v) is 4.88. The quantitative estimate of drug-likeness (QED) is 0.367. The van der Waals surface area contributed by atoms with Gasteiger partial charge in [0.05, 0.1) is 24.4 Å². The molecule has 1 aliphatic carbocycles. The smallest absolute Gasteiger partial charge is 0.338 e. The Kier molecular flexibility index (Phi) is 5.48. The minimum Gasteiger partial charge on any atom is -0.340 e. The van der Waals surface area contributed by atoms with Crippen LogP contribution < -0.4 is 21.5 Å². The molecule has 1 N–H and O–H groups in total. The summed E-state index contributed by atoms with van der Waals surface area (Å²) >= 11 is 0. The first kappa shape index (κ1) is 23.5. The number of anilines is 2. The molecule has 2 fully saturated rings. The number of nitrogens with one attached hydrogen (secondary N) is 1. The van der Waals surface area contributed by atoms with Crippen molar-refractivity contribution >= 4 is 28.8 Å². The van der Waals surface area contributed by atoms with Crippen LogP contribution in [0.15, 0.2) is 40.7 Å². The lowest BCUT2D eigenvalue weighted by Crippen LogP contribution is -2.39. The highest BCUT2D eigenvalue weighted by molar-refractivity contribution is 5.93. The molecule has 14 heteroatoms. The molecular formula is C24H23N11O3. The topological polar surface area (TPSA) is 150 Å². The second-order valence-corrected chi connectivity index (χ2v) is 9.59. The van der Waals surface area contributed by atoms with E-state index in [1.807, 2.05) is 0 Å². The summed E-state index contributed by atoms with van der Waals surface area (Å²) in [5.74, 6) is 2.00. The zero-order valence-electron chi connectivity index (χ0n) is 20.6. The Labute approximate surface area is 215 Å². The first-order valence-electron chi connectivity index (χ1n) is 12.1. The van der Waals surface area contributed by atoms with Crippen LogP contribution in [-0.2, 0) is 18.5 Å². The van der Waals surface area contributed by atoms with Gasteiger partial charge in [0.25, 0.3) is 12.2 Å². The number of carbonyl (C=O) groups is 1. The van der Waals surface area contributed by atoms with Gasteiger partial charge in [-0.1, -0.05) is 0 Å². The SMILES string of the molecule is [C-]#[N+]Cn1c(=O)c2c(ncn2C(C)C(=O)Nc2cncc(-c3cnc(N4CC5CC5C4)nc3)n2)n(C)c1=O. The molecule has 4 aromatic rings. The van der Waals surface area contributed by atoms with E-state index < -0.39 is 29.9 Å². The van der Waals surface area contributed by atoms with Gasteiger partial charge in [-0.25, -0.2) is 31.3 Å². The number of carbonyl (C=O) groups excluding carboxylic acids is 1. The molecule has 3 unspecified atom stereocenters. The standard InChI is InChI=1S/C24H23N11O3/c1-13(34-12-29-20-19(34)22(37)35(11-25-2)24(38)32(20)3)21(36)31-18-8-26-7-17(30-18)16-5-27-23(28-6-16)33-9-14-4-15(14)10-33/h5-8,12-15H,4,9-11H2,1,3H3,(H,30,31,36). The molecule has 5 heterocycles. The second-order valence-electron chi connectivity index (χ2n) is 9.59. The van der Waals surface area contributed by atoms with Crippen molar-refractivity contribution in [2.75, 3.05) is 23.3 Å². The Morgan fingerprint density at radius 1 is 1.16 bits per heavy atom. The number of fused-ring (bicyclic) bond motifs is 2. The largest absolute Gasteiger partial charge is 0.340 e. The van der Waals surface area contributed by atoms with E-state index in [9.17, 15) is 14.4 Å². The minimum absolute atomic E-state index is 0.0470. The summed E-state index contributed by atoms with van der Waals surface area (Å²) in [7, 11) is 1.46. The van der Waals surface area contributed by atoms with Gasteiger partial charge in [-0.05, 0) is 25.2 Å². The molecule has 1 saturated heterocycles. The van der Waals surface area contributed by atoms with Crippen molar-refractivity contribution in [2.45, 2.75) is 26.1 Å². The molecule has 14 nitrogen and oxygen atoms in total. The summed E-state index contributed by atoms with van der Waals surface area (Å²) in [6.07, 6.45) is 8.99. The van der Waals surface area contributed by atoms with E-state index in [4.69, 9.17) is 6.57 Å². The lowest BCUT2D eigenvalue weighted by atomic mass is 10.2. The highest BCUT2D eigenvalue weighted by atomic mass is 16.2. The van der Waals surface area contributed by atoms with Crippen LogP contribution in [0.4, 0.5) is 11.8 Å². The number of nitrogens with zero attached hydrogens (tertiary/aromatic N) is 10. The second kappa shape index (κ2) is 8.87. The molecule has 0 radical (unpaired) electrons. The van der Waals surface area contributed by atoms with Crippen LogP contribution in [0, 0.1) is 18.4 Å². The van der Waals surface area contributed by atoms with Crippen molar-refractivity contribution in [3.8, 4) is 11.3 Å². The lowest BCUT2D eigenvalue weighted by Gasteiger charge is -2.17. The fraction of sp³-hybridized carbons (Fsp3) is 0.375. The molecule has 4 aromatic heterocycles. The van der Waals surface area contributed by atoms with E-state index in [2.05, 4.69) is 40.0 Å². The molecule has 1 amide bonds. The average molecular weight is 514 g/mol. The number of piperidine rings is 1. The Balaban J connectivity index is 1.23. The molecule has 2 aliphatic rings. The molecule has 3 atom stereocenters. The predicted molar refractivity (Wildman–Crippen MR) is 136 cm³/mol. The maximum Gasteiger partial charge on any atom is 0.338 e. The minimum atomic E-state index is -0.883. The van der Waals surface area contributed by atoms with Gasteiger partial charge < -0.3 is 14.8 Å². The van der Waals surface area contributed by atoms with Gasteiger partial charge in [0.15, 0.2) is 17.0 Å². The van der Waals surface area contributed by atoms with E-state index in [0.717, 1.165) is 29.5 Å². The summed E-state index contributed by atoms with van der Waals surface area (Å²) in [5.41, 5.74) is -0.00897. The van der Waals surface area contributed by atoms with Crippen LogP contribution in [0.5, 0.6) is 0 Å². The van der Waals surface area contributed by atoms with E-state index >= 15 is 0 Å². The number of aromatic nitrogens is 8. The van der Waals surface area contributed by atoms with Crippen molar-refractivity contribution in [2.24, 2.45) is 18.9 Å². The zero-order valence-corrected chi connectivity index (χ0v) is 20.6. The third-order valence-electron chi connectivity index (χ3n) is 7.15. The van der Waals surface area contributed by atoms with Crippen LogP contribution in [-0.4, -0.2) is 57.6 Å². The molecule has 0 aromatic carbocycles. The number of hydrogen-bond donors (Lipinski definition) is 1. The van der Waals surface area contributed by atoms with Crippen molar-refractivity contribution in [1.29, 1.82) is 0 Å². The first-order chi connectivity index (χ1) is 18.4. The maximum absolute atomic E-state index is 13.1. The molecule has 0 bridgehead atoms. The Hall–Kier alpha value is -4.93. The summed E-state index contributed by atoms with van der Waals surface area (Å²) in [5, 5.41) is 2.72. The predicted octanol–water partition coefficient (Wildman–Crippen LogP) is 0.676. The van der Waals surface area contributed by atoms with Crippen LogP contribution in [0.2, 0.25) is 0 Å². The number of rotatable bonds is 6. The molecule has 1 saturated carbocycles. The molecule has 1 aliphatic heterocycles. The summed E-state index contributed by atoms with van der Waals surface area (Å²) in [6.45, 7) is 10.2. The van der Waals surface area contributed by atoms with Crippen molar-refractivity contribution in [3.63, 3.8) is 0 Å². The van der Waals surface area contributed by atoms with Crippen molar-refractivity contribution < 1.29 is 4.79 Å². The Morgan fingerprint density at radius 3 is 2.61 bits per heavy atom. The lowest BCUT2D eigenvalue weighted by molar-refractivity contribution is -0.118. The van der Waals surface area contributed by atoms with Gasteiger partial charge in [0, 0.05) is 38.1 Å². The summed E-state index contributed by atoms with van der Waals surface area (Å²) < 4.78 is 3.36. The van der Waals surface area contributed by atoms with E-state index in [0.29, 0.717) is 17.2 Å². The number of hydrogen-bond acceptors (Lipinski definition) is 9. The van der Waals surface area contributed by atoms with Gasteiger partial charge in [-0.3, -0.25) is 24.0 Å². The van der Waals surface area contributed by atoms with Crippen LogP contribution in [0.3, 0.4) is 0 Å². The van der Waals surface area contributed by atoms with E-state index in [-0.39, 0.29) is 17.0 Å². The molecule has 6 rings (SSSR count). The van der Waals surface area contributed by atoms with Crippen LogP contribution in [0.25, 0.3) is 27.3 Å². The van der Waals surface area contributed by atoms with Crippen molar-refractivity contribution in [1.82, 2.24) is 38.6 Å². The normalized spacial score (nSPS) is 18.7. The van der Waals surface area contributed by atoms with Gasteiger partial charge in [0.2, 0.25) is 11.9 Å². The zero-order chi connectivity index (χ0) is 26.6. The number of amides is 1. The van der Waals surface area contributed by atoms with Gasteiger partial charge >= 0.3 is 5.69 Å². The van der Waals surface area contributed by atoms with Crippen LogP contribution in [0.1, 0.15) is 19.4 Å². The third kappa shape index (κ3) is 3.88. The Bertz CT molecular complexity index is 1720. The fourth-order valence-electron chi connectivity index (χ4n) is 4.88. The summed E-state index contributed by atoms with van der Waals surface area (Å²) in [4.78, 5) is 65.7. The Morgan fingerprint density at radius 2 is 1.89 bits per heavy atom. The highest BCUT2D eigenvalue weighted by Gasteiger charge is 2.45. The van der Waals surface area contributed by atoms with Gasteiger partial charge in [-0.2, -0.15) is 4.57 Å². The molecule has 192 valence electrons. The maximum atomic E-state index is 13.1. The molecular weight excluding hydrogens is 490 g/mol. The third-order valence-corrected chi connectivity index (χ3v) is 7.15. The van der Waals surface area contributed by atoms with Gasteiger partial charge in [0.1, 0.15) is 6.04 Å². The van der Waals surface area contributed by atoms with Crippen molar-refractivity contribution in [3.05, 3.63) is 63.4 Å². The van der Waals surface area contributed by atoms with E-state index in [1.54, 1.807) is 25.5 Å². The number of aryl methyl sites for hydroxylation is 1. The first-order valence-corrected chi connectivity index (χ1v) is 12.1. The number of imidazole rings is 1. The molecule has 38 heavy (non-hydrogen) atoms. The highest BCUT2D eigenvalue weighted by Crippen LogP contribution is 2.45. The summed E-state index contributed by atoms with van der Waals surface area (Å²) in [6, 6.07) is -0.883. The molecule has 0 spiro atoms. The van der Waals surface area contributed by atoms with Gasteiger partial charge in [-0.15, -0.1) is 0 Å². The monoisotopic (exact) mass is 513 g/mol. The average Bonchev–Trinajstić information content (AvgIpc) is 3.32. The van der Waals surface area contributed by atoms with Crippen LogP contribution >= 0.6 is 0 Å².